The van der Waals surface area contributed by atoms with Gasteiger partial charge in [-0.1, -0.05) is 0 Å². The second kappa shape index (κ2) is 3.61. The van der Waals surface area contributed by atoms with Crippen LogP contribution in [0, 0.1) is 13.8 Å². The second-order valence-electron chi connectivity index (χ2n) is 4.20. The highest BCUT2D eigenvalue weighted by Gasteiger charge is 2.20. The second-order valence-corrected chi connectivity index (χ2v) is 4.20. The van der Waals surface area contributed by atoms with Gasteiger partial charge in [0.15, 0.2) is 0 Å². The molecule has 4 nitrogen and oxygen atoms in total. The standard InChI is InChI=1S/C10H18N4/c1-7-10(8(2)13-12-7)11-9-4-5-14(3)6-9/h9,11H,4-6H2,1-3H3,(H,12,13). The predicted molar refractivity (Wildman–Crippen MR) is 57.6 cm³/mol. The summed E-state index contributed by atoms with van der Waals surface area (Å²) >= 11 is 0. The van der Waals surface area contributed by atoms with Gasteiger partial charge in [0.05, 0.1) is 17.1 Å². The van der Waals surface area contributed by atoms with E-state index >= 15 is 0 Å². The quantitative estimate of drug-likeness (QED) is 0.742. The molecule has 0 aliphatic carbocycles. The number of H-pyrrole nitrogens is 1. The molecule has 1 atom stereocenters. The molecule has 2 heterocycles. The number of anilines is 1. The Hall–Kier alpha value is -1.03. The molecule has 1 unspecified atom stereocenters. The van der Waals surface area contributed by atoms with Gasteiger partial charge in [0.25, 0.3) is 0 Å². The number of rotatable bonds is 2. The van der Waals surface area contributed by atoms with Crippen molar-refractivity contribution in [3.8, 4) is 0 Å². The molecule has 1 aliphatic heterocycles. The molecule has 2 N–H and O–H groups in total. The summed E-state index contributed by atoms with van der Waals surface area (Å²) in [5.41, 5.74) is 3.39. The lowest BCUT2D eigenvalue weighted by atomic mass is 10.2. The van der Waals surface area contributed by atoms with Gasteiger partial charge in [-0.3, -0.25) is 5.10 Å². The van der Waals surface area contributed by atoms with E-state index in [0.29, 0.717) is 6.04 Å². The lowest BCUT2D eigenvalue weighted by Crippen LogP contribution is -2.23. The van der Waals surface area contributed by atoms with Gasteiger partial charge in [-0.15, -0.1) is 0 Å². The summed E-state index contributed by atoms with van der Waals surface area (Å²) < 4.78 is 0. The van der Waals surface area contributed by atoms with Gasteiger partial charge >= 0.3 is 0 Å². The Morgan fingerprint density at radius 3 is 2.79 bits per heavy atom. The molecular formula is C10H18N4. The molecule has 1 saturated heterocycles. The molecule has 0 spiro atoms. The van der Waals surface area contributed by atoms with Crippen LogP contribution < -0.4 is 5.32 Å². The average Bonchev–Trinajstić information content (AvgIpc) is 2.67. The van der Waals surface area contributed by atoms with Gasteiger partial charge < -0.3 is 10.2 Å². The van der Waals surface area contributed by atoms with E-state index in [0.717, 1.165) is 17.9 Å². The van der Waals surface area contributed by atoms with Gasteiger partial charge in [0, 0.05) is 12.6 Å². The molecule has 14 heavy (non-hydrogen) atoms. The topological polar surface area (TPSA) is 44.0 Å². The van der Waals surface area contributed by atoms with Gasteiger partial charge in [-0.2, -0.15) is 5.10 Å². The Morgan fingerprint density at radius 1 is 1.50 bits per heavy atom. The molecule has 1 aliphatic rings. The SMILES string of the molecule is Cc1n[nH]c(C)c1NC1CCN(C)C1. The van der Waals surface area contributed by atoms with Crippen molar-refractivity contribution in [3.63, 3.8) is 0 Å². The first-order valence-corrected chi connectivity index (χ1v) is 5.13. The number of likely N-dealkylation sites (tertiary alicyclic amines) is 1. The molecule has 1 aromatic rings. The Balaban J connectivity index is 2.04. The lowest BCUT2D eigenvalue weighted by Gasteiger charge is -2.14. The summed E-state index contributed by atoms with van der Waals surface area (Å²) in [7, 11) is 2.16. The van der Waals surface area contributed by atoms with E-state index in [2.05, 4.69) is 34.4 Å². The summed E-state index contributed by atoms with van der Waals surface area (Å²) in [4.78, 5) is 2.35. The van der Waals surface area contributed by atoms with Crippen LogP contribution in [-0.4, -0.2) is 41.3 Å². The maximum Gasteiger partial charge on any atom is 0.0825 e. The summed E-state index contributed by atoms with van der Waals surface area (Å²) in [6, 6.07) is 0.579. The molecule has 0 aromatic carbocycles. The van der Waals surface area contributed by atoms with Gasteiger partial charge in [0.2, 0.25) is 0 Å². The third kappa shape index (κ3) is 1.75. The number of nitrogens with one attached hydrogen (secondary N) is 2. The lowest BCUT2D eigenvalue weighted by molar-refractivity contribution is 0.414. The molecule has 0 radical (unpaired) electrons. The summed E-state index contributed by atoms with van der Waals surface area (Å²) in [5.74, 6) is 0. The zero-order valence-electron chi connectivity index (χ0n) is 9.09. The van der Waals surface area contributed by atoms with E-state index in [-0.39, 0.29) is 0 Å². The molecule has 4 heteroatoms. The summed E-state index contributed by atoms with van der Waals surface area (Å²) in [5, 5.41) is 10.7. The van der Waals surface area contributed by atoms with E-state index in [1.807, 2.05) is 6.92 Å². The van der Waals surface area contributed by atoms with Crippen LogP contribution in [0.1, 0.15) is 17.8 Å². The molecule has 1 aromatic heterocycles. The minimum Gasteiger partial charge on any atom is -0.378 e. The fourth-order valence-corrected chi connectivity index (χ4v) is 2.02. The fraction of sp³-hybridized carbons (Fsp3) is 0.700. The zero-order chi connectivity index (χ0) is 10.1. The zero-order valence-corrected chi connectivity index (χ0v) is 9.09. The maximum atomic E-state index is 4.18. The molecule has 1 fully saturated rings. The number of hydrogen-bond acceptors (Lipinski definition) is 3. The molecule has 0 bridgehead atoms. The summed E-state index contributed by atoms with van der Waals surface area (Å²) in [6.45, 7) is 6.41. The molecule has 0 amide bonds. The Kier molecular flexibility index (Phi) is 2.46. The van der Waals surface area contributed by atoms with Gasteiger partial charge in [-0.25, -0.2) is 0 Å². The van der Waals surface area contributed by atoms with Crippen molar-refractivity contribution in [2.24, 2.45) is 0 Å². The van der Waals surface area contributed by atoms with Crippen molar-refractivity contribution in [2.75, 3.05) is 25.5 Å². The number of hydrogen-bond donors (Lipinski definition) is 2. The van der Waals surface area contributed by atoms with Crippen molar-refractivity contribution < 1.29 is 0 Å². The molecule has 2 rings (SSSR count). The van der Waals surface area contributed by atoms with Gasteiger partial charge in [-0.05, 0) is 33.9 Å². The smallest absolute Gasteiger partial charge is 0.0825 e. The van der Waals surface area contributed by atoms with E-state index in [1.54, 1.807) is 0 Å². The highest BCUT2D eigenvalue weighted by Crippen LogP contribution is 2.20. The van der Waals surface area contributed by atoms with Crippen LogP contribution in [0.5, 0.6) is 0 Å². The normalized spacial score (nSPS) is 22.9. The molecule has 78 valence electrons. The third-order valence-corrected chi connectivity index (χ3v) is 2.87. The number of aryl methyl sites for hydroxylation is 2. The molecular weight excluding hydrogens is 176 g/mol. The van der Waals surface area contributed by atoms with Crippen LogP contribution in [0.4, 0.5) is 5.69 Å². The number of aromatic amines is 1. The Morgan fingerprint density at radius 2 is 2.29 bits per heavy atom. The number of likely N-dealkylation sites (N-methyl/N-ethyl adjacent to an activating group) is 1. The monoisotopic (exact) mass is 194 g/mol. The third-order valence-electron chi connectivity index (χ3n) is 2.87. The highest BCUT2D eigenvalue weighted by atomic mass is 15.2. The summed E-state index contributed by atoms with van der Waals surface area (Å²) in [6.07, 6.45) is 1.22. The van der Waals surface area contributed by atoms with Crippen molar-refractivity contribution in [2.45, 2.75) is 26.3 Å². The van der Waals surface area contributed by atoms with Crippen LogP contribution in [0.15, 0.2) is 0 Å². The minimum absolute atomic E-state index is 0.579. The average molecular weight is 194 g/mol. The van der Waals surface area contributed by atoms with Crippen molar-refractivity contribution in [1.82, 2.24) is 15.1 Å². The van der Waals surface area contributed by atoms with Gasteiger partial charge in [0.1, 0.15) is 0 Å². The minimum atomic E-state index is 0.579. The van der Waals surface area contributed by atoms with E-state index in [9.17, 15) is 0 Å². The first kappa shape index (κ1) is 9.52. The Labute approximate surface area is 84.7 Å². The largest absolute Gasteiger partial charge is 0.378 e. The van der Waals surface area contributed by atoms with Crippen LogP contribution in [-0.2, 0) is 0 Å². The van der Waals surface area contributed by atoms with Crippen LogP contribution >= 0.6 is 0 Å². The first-order chi connectivity index (χ1) is 6.66. The van der Waals surface area contributed by atoms with E-state index in [4.69, 9.17) is 0 Å². The van der Waals surface area contributed by atoms with Crippen LogP contribution in [0.2, 0.25) is 0 Å². The van der Waals surface area contributed by atoms with Crippen molar-refractivity contribution in [1.29, 1.82) is 0 Å². The Bertz CT molecular complexity index is 298. The highest BCUT2D eigenvalue weighted by molar-refractivity contribution is 5.52. The predicted octanol–water partition coefficient (Wildman–Crippen LogP) is 1.14. The van der Waals surface area contributed by atoms with Crippen LogP contribution in [0.3, 0.4) is 0 Å². The van der Waals surface area contributed by atoms with Crippen molar-refractivity contribution >= 4 is 5.69 Å². The van der Waals surface area contributed by atoms with Crippen molar-refractivity contribution in [3.05, 3.63) is 11.4 Å². The fourth-order valence-electron chi connectivity index (χ4n) is 2.02. The molecule has 0 saturated carbocycles. The van der Waals surface area contributed by atoms with E-state index in [1.165, 1.54) is 18.7 Å². The van der Waals surface area contributed by atoms with Crippen LogP contribution in [0.25, 0.3) is 0 Å². The first-order valence-electron chi connectivity index (χ1n) is 5.13. The number of nitrogens with zero attached hydrogens (tertiary/aromatic N) is 2. The maximum absolute atomic E-state index is 4.18. The van der Waals surface area contributed by atoms with E-state index < -0.39 is 0 Å². The number of aromatic nitrogens is 2.